The van der Waals surface area contributed by atoms with Crippen LogP contribution in [0.25, 0.3) is 0 Å². The summed E-state index contributed by atoms with van der Waals surface area (Å²) in [4.78, 5) is 12.9. The second-order valence-corrected chi connectivity index (χ2v) is 8.93. The average Bonchev–Trinajstić information content (AvgIpc) is 2.87. The van der Waals surface area contributed by atoms with Gasteiger partial charge >= 0.3 is 0 Å². The van der Waals surface area contributed by atoms with Crippen LogP contribution in [0, 0.1) is 11.6 Å². The highest BCUT2D eigenvalue weighted by molar-refractivity contribution is 5.79. The predicted molar refractivity (Wildman–Crippen MR) is 139 cm³/mol. The normalized spacial score (nSPS) is 12.6. The number of carbonyl (C=O) groups is 1. The van der Waals surface area contributed by atoms with Gasteiger partial charge in [-0.2, -0.15) is 0 Å². The van der Waals surface area contributed by atoms with Crippen molar-refractivity contribution in [3.63, 3.8) is 0 Å². The topological polar surface area (TPSA) is 79.8 Å². The highest BCUT2D eigenvalue weighted by atomic mass is 19.1. The molecule has 3 aromatic carbocycles. The summed E-state index contributed by atoms with van der Waals surface area (Å²) in [5.41, 5.74) is 3.28. The zero-order chi connectivity index (χ0) is 26.8. The molecule has 2 atom stereocenters. The van der Waals surface area contributed by atoms with Crippen molar-refractivity contribution in [2.24, 2.45) is 0 Å². The number of ether oxygens (including phenoxy) is 2. The van der Waals surface area contributed by atoms with Crippen LogP contribution in [0.5, 0.6) is 11.5 Å². The third-order valence-electron chi connectivity index (χ3n) is 6.05. The number of amides is 1. The Labute approximate surface area is 216 Å². The van der Waals surface area contributed by atoms with Crippen LogP contribution >= 0.6 is 0 Å². The van der Waals surface area contributed by atoms with Crippen molar-refractivity contribution in [2.45, 2.75) is 44.9 Å². The second kappa shape index (κ2) is 13.7. The standard InChI is InChI=1S/C29H34F2N2O4/c1-4-19-6-5-7-20(8-19)17-32-18-28(34)27(13-21-9-23(30)15-24(31)10-21)33-29(35)14-22-11-25(36-2)16-26(12-22)37-3/h5-12,15-16,27-28,32,34H,4,13-14,17-18H2,1-3H3,(H,33,35)/t27-,28-/m1/s1. The van der Waals surface area contributed by atoms with E-state index in [0.717, 1.165) is 18.1 Å². The lowest BCUT2D eigenvalue weighted by atomic mass is 10.00. The fourth-order valence-corrected chi connectivity index (χ4v) is 4.14. The number of hydrogen-bond donors (Lipinski definition) is 3. The molecule has 0 heterocycles. The summed E-state index contributed by atoms with van der Waals surface area (Å²) in [5, 5.41) is 17.0. The Kier molecular flexibility index (Phi) is 10.4. The third kappa shape index (κ3) is 8.84. The molecule has 37 heavy (non-hydrogen) atoms. The van der Waals surface area contributed by atoms with Gasteiger partial charge in [-0.05, 0) is 59.4 Å². The van der Waals surface area contributed by atoms with Crippen molar-refractivity contribution in [3.8, 4) is 11.5 Å². The van der Waals surface area contributed by atoms with E-state index in [0.29, 0.717) is 29.2 Å². The number of hydrogen-bond acceptors (Lipinski definition) is 5. The van der Waals surface area contributed by atoms with E-state index < -0.39 is 23.8 Å². The van der Waals surface area contributed by atoms with E-state index in [9.17, 15) is 18.7 Å². The van der Waals surface area contributed by atoms with Crippen molar-refractivity contribution >= 4 is 5.91 Å². The molecule has 0 spiro atoms. The minimum atomic E-state index is -1.01. The van der Waals surface area contributed by atoms with E-state index in [1.807, 2.05) is 12.1 Å². The maximum absolute atomic E-state index is 13.8. The van der Waals surface area contributed by atoms with Crippen LogP contribution in [0.4, 0.5) is 8.78 Å². The van der Waals surface area contributed by atoms with Gasteiger partial charge in [0.1, 0.15) is 23.1 Å². The summed E-state index contributed by atoms with van der Waals surface area (Å²) < 4.78 is 38.1. The third-order valence-corrected chi connectivity index (χ3v) is 6.05. The van der Waals surface area contributed by atoms with Crippen molar-refractivity contribution in [2.75, 3.05) is 20.8 Å². The Hall–Kier alpha value is -3.49. The number of aliphatic hydroxyl groups is 1. The van der Waals surface area contributed by atoms with Crippen molar-refractivity contribution in [1.29, 1.82) is 0 Å². The molecule has 3 N–H and O–H groups in total. The zero-order valence-electron chi connectivity index (χ0n) is 21.4. The monoisotopic (exact) mass is 512 g/mol. The number of methoxy groups -OCH3 is 2. The van der Waals surface area contributed by atoms with Gasteiger partial charge in [0.15, 0.2) is 0 Å². The lowest BCUT2D eigenvalue weighted by Crippen LogP contribution is -2.49. The Morgan fingerprint density at radius 3 is 2.16 bits per heavy atom. The van der Waals surface area contributed by atoms with Gasteiger partial charge in [-0.1, -0.05) is 31.2 Å². The number of nitrogens with one attached hydrogen (secondary N) is 2. The highest BCUT2D eigenvalue weighted by Crippen LogP contribution is 2.23. The fourth-order valence-electron chi connectivity index (χ4n) is 4.14. The van der Waals surface area contributed by atoms with Crippen LogP contribution in [-0.2, 0) is 30.6 Å². The van der Waals surface area contributed by atoms with E-state index in [-0.39, 0.29) is 25.3 Å². The summed E-state index contributed by atoms with van der Waals surface area (Å²) in [6, 6.07) is 15.7. The van der Waals surface area contributed by atoms with Gasteiger partial charge in [0.2, 0.25) is 5.91 Å². The summed E-state index contributed by atoms with van der Waals surface area (Å²) in [5.74, 6) is -0.693. The van der Waals surface area contributed by atoms with Crippen LogP contribution in [0.3, 0.4) is 0 Å². The van der Waals surface area contributed by atoms with Gasteiger partial charge in [0, 0.05) is 25.2 Å². The van der Waals surface area contributed by atoms with Gasteiger partial charge in [0.25, 0.3) is 0 Å². The predicted octanol–water partition coefficient (Wildman–Crippen LogP) is 3.97. The molecule has 0 aliphatic heterocycles. The molecular weight excluding hydrogens is 478 g/mol. The first-order valence-electron chi connectivity index (χ1n) is 12.2. The molecule has 0 saturated heterocycles. The first-order valence-corrected chi connectivity index (χ1v) is 12.2. The maximum atomic E-state index is 13.8. The summed E-state index contributed by atoms with van der Waals surface area (Å²) >= 11 is 0. The SMILES string of the molecule is CCc1cccc(CNC[C@@H](O)[C@@H](Cc2cc(F)cc(F)c2)NC(=O)Cc2cc(OC)cc(OC)c2)c1. The molecule has 0 radical (unpaired) electrons. The molecule has 0 bridgehead atoms. The molecule has 3 aromatic rings. The molecule has 0 aliphatic rings. The van der Waals surface area contributed by atoms with E-state index in [1.54, 1.807) is 18.2 Å². The van der Waals surface area contributed by atoms with Crippen LogP contribution in [0.1, 0.15) is 29.2 Å². The summed E-state index contributed by atoms with van der Waals surface area (Å²) in [7, 11) is 3.04. The first-order chi connectivity index (χ1) is 17.8. The molecule has 198 valence electrons. The maximum Gasteiger partial charge on any atom is 0.224 e. The Bertz CT molecular complexity index is 1150. The Balaban J connectivity index is 1.70. The Morgan fingerprint density at radius 1 is 0.892 bits per heavy atom. The number of carbonyl (C=O) groups excluding carboxylic acids is 1. The number of aryl methyl sites for hydroxylation is 1. The molecule has 0 aliphatic carbocycles. The molecule has 3 rings (SSSR count). The lowest BCUT2D eigenvalue weighted by Gasteiger charge is -2.25. The van der Waals surface area contributed by atoms with E-state index in [1.165, 1.54) is 31.9 Å². The summed E-state index contributed by atoms with van der Waals surface area (Å²) in [6.45, 7) is 2.79. The largest absolute Gasteiger partial charge is 0.497 e. The van der Waals surface area contributed by atoms with E-state index in [2.05, 4.69) is 29.7 Å². The van der Waals surface area contributed by atoms with Gasteiger partial charge in [-0.3, -0.25) is 4.79 Å². The van der Waals surface area contributed by atoms with Crippen LogP contribution in [0.2, 0.25) is 0 Å². The van der Waals surface area contributed by atoms with Gasteiger partial charge in [-0.25, -0.2) is 8.78 Å². The molecule has 0 aromatic heterocycles. The quantitative estimate of drug-likeness (QED) is 0.323. The minimum Gasteiger partial charge on any atom is -0.497 e. The van der Waals surface area contributed by atoms with Gasteiger partial charge < -0.3 is 25.2 Å². The van der Waals surface area contributed by atoms with Crippen LogP contribution in [0.15, 0.2) is 60.7 Å². The first kappa shape index (κ1) is 28.1. The average molecular weight is 513 g/mol. The lowest BCUT2D eigenvalue weighted by molar-refractivity contribution is -0.122. The van der Waals surface area contributed by atoms with Crippen LogP contribution in [-0.4, -0.2) is 43.9 Å². The minimum absolute atomic E-state index is 0.00549. The molecule has 6 nitrogen and oxygen atoms in total. The molecular formula is C29H34F2N2O4. The smallest absolute Gasteiger partial charge is 0.224 e. The van der Waals surface area contributed by atoms with Gasteiger partial charge in [-0.15, -0.1) is 0 Å². The second-order valence-electron chi connectivity index (χ2n) is 8.93. The number of rotatable bonds is 13. The van der Waals surface area contributed by atoms with Gasteiger partial charge in [0.05, 0.1) is 32.8 Å². The van der Waals surface area contributed by atoms with Crippen LogP contribution < -0.4 is 20.1 Å². The molecule has 0 saturated carbocycles. The Morgan fingerprint density at radius 2 is 1.54 bits per heavy atom. The van der Waals surface area contributed by atoms with Crippen molar-refractivity contribution in [1.82, 2.24) is 10.6 Å². The number of aliphatic hydroxyl groups excluding tert-OH is 1. The molecule has 0 unspecified atom stereocenters. The molecule has 0 fully saturated rings. The van der Waals surface area contributed by atoms with E-state index in [4.69, 9.17) is 9.47 Å². The van der Waals surface area contributed by atoms with Crippen molar-refractivity contribution in [3.05, 3.63) is 94.6 Å². The summed E-state index contributed by atoms with van der Waals surface area (Å²) in [6.07, 6.45) is -0.0281. The number of benzene rings is 3. The molecule has 8 heteroatoms. The fraction of sp³-hybridized carbons (Fsp3) is 0.345. The van der Waals surface area contributed by atoms with E-state index >= 15 is 0 Å². The number of halogens is 2. The zero-order valence-corrected chi connectivity index (χ0v) is 21.4. The highest BCUT2D eigenvalue weighted by Gasteiger charge is 2.23. The van der Waals surface area contributed by atoms with Crippen molar-refractivity contribution < 1.29 is 28.2 Å². The molecule has 1 amide bonds.